The Morgan fingerprint density at radius 1 is 1.42 bits per heavy atom. The molecule has 114 valence electrons. The van der Waals surface area contributed by atoms with Crippen molar-refractivity contribution in [2.75, 3.05) is 25.1 Å². The quantitative estimate of drug-likeness (QED) is 0.688. The third-order valence-electron chi connectivity index (χ3n) is 3.59. The molecule has 0 aromatic carbocycles. The SMILES string of the molecule is CC(CCNS(=O)(=O)CCC1CCCCN1)S(C)=O. The van der Waals surface area contributed by atoms with Crippen LogP contribution in [-0.4, -0.2) is 49.0 Å². The second-order valence-electron chi connectivity index (χ2n) is 5.25. The van der Waals surface area contributed by atoms with Crippen LogP contribution in [0.2, 0.25) is 0 Å². The van der Waals surface area contributed by atoms with Crippen molar-refractivity contribution in [2.45, 2.75) is 50.3 Å². The monoisotopic (exact) mass is 310 g/mol. The van der Waals surface area contributed by atoms with Crippen LogP contribution in [0.5, 0.6) is 0 Å². The average molecular weight is 310 g/mol. The molecule has 3 unspecified atom stereocenters. The molecular weight excluding hydrogens is 284 g/mol. The predicted molar refractivity (Wildman–Crippen MR) is 80.2 cm³/mol. The highest BCUT2D eigenvalue weighted by Crippen LogP contribution is 2.10. The van der Waals surface area contributed by atoms with Crippen molar-refractivity contribution in [3.63, 3.8) is 0 Å². The molecule has 0 aromatic rings. The van der Waals surface area contributed by atoms with Crippen molar-refractivity contribution in [3.8, 4) is 0 Å². The highest BCUT2D eigenvalue weighted by Gasteiger charge is 2.17. The van der Waals surface area contributed by atoms with E-state index in [1.54, 1.807) is 6.26 Å². The molecule has 0 spiro atoms. The first kappa shape index (κ1) is 17.1. The first-order valence-corrected chi connectivity index (χ1v) is 10.2. The van der Waals surface area contributed by atoms with Crippen molar-refractivity contribution in [1.82, 2.24) is 10.0 Å². The van der Waals surface area contributed by atoms with Crippen LogP contribution in [-0.2, 0) is 20.8 Å². The Morgan fingerprint density at radius 2 is 2.16 bits per heavy atom. The highest BCUT2D eigenvalue weighted by molar-refractivity contribution is 7.89. The molecule has 0 saturated carbocycles. The van der Waals surface area contributed by atoms with Crippen LogP contribution >= 0.6 is 0 Å². The lowest BCUT2D eigenvalue weighted by molar-refractivity contribution is 0.392. The molecule has 5 nitrogen and oxygen atoms in total. The second-order valence-corrected chi connectivity index (χ2v) is 8.97. The number of rotatable bonds is 8. The lowest BCUT2D eigenvalue weighted by Gasteiger charge is -2.23. The molecule has 0 aliphatic carbocycles. The normalized spacial score (nSPS) is 24.0. The van der Waals surface area contributed by atoms with E-state index in [1.165, 1.54) is 12.8 Å². The minimum absolute atomic E-state index is 0.0303. The number of nitrogens with one attached hydrogen (secondary N) is 2. The summed E-state index contributed by atoms with van der Waals surface area (Å²) in [5.74, 6) is 0.175. The van der Waals surface area contributed by atoms with Crippen molar-refractivity contribution in [3.05, 3.63) is 0 Å². The largest absolute Gasteiger partial charge is 0.314 e. The zero-order valence-corrected chi connectivity index (χ0v) is 13.5. The average Bonchev–Trinajstić information content (AvgIpc) is 2.37. The van der Waals surface area contributed by atoms with Crippen LogP contribution in [0.15, 0.2) is 0 Å². The van der Waals surface area contributed by atoms with Gasteiger partial charge in [-0.05, 0) is 32.2 Å². The summed E-state index contributed by atoms with van der Waals surface area (Å²) in [7, 11) is -4.08. The number of hydrogen-bond acceptors (Lipinski definition) is 4. The Hall–Kier alpha value is 0.0200. The minimum atomic E-state index is -3.19. The molecule has 1 rings (SSSR count). The summed E-state index contributed by atoms with van der Waals surface area (Å²) >= 11 is 0. The van der Waals surface area contributed by atoms with E-state index in [0.29, 0.717) is 25.4 Å². The summed E-state index contributed by atoms with van der Waals surface area (Å²) in [6.07, 6.45) is 6.38. The lowest BCUT2D eigenvalue weighted by atomic mass is 10.0. The van der Waals surface area contributed by atoms with E-state index in [0.717, 1.165) is 13.0 Å². The fourth-order valence-corrected chi connectivity index (χ4v) is 3.74. The zero-order chi connectivity index (χ0) is 14.3. The third-order valence-corrected chi connectivity index (χ3v) is 6.37. The van der Waals surface area contributed by atoms with E-state index in [1.807, 2.05) is 6.92 Å². The fourth-order valence-electron chi connectivity index (χ4n) is 2.12. The van der Waals surface area contributed by atoms with Crippen molar-refractivity contribution in [1.29, 1.82) is 0 Å². The number of hydrogen-bond donors (Lipinski definition) is 2. The Labute approximate surface area is 119 Å². The van der Waals surface area contributed by atoms with E-state index >= 15 is 0 Å². The lowest BCUT2D eigenvalue weighted by Crippen LogP contribution is -2.37. The molecule has 3 atom stereocenters. The Balaban J connectivity index is 2.21. The summed E-state index contributed by atoms with van der Waals surface area (Å²) in [6.45, 7) is 3.25. The molecular formula is C12H26N2O3S2. The Kier molecular flexibility index (Phi) is 7.49. The van der Waals surface area contributed by atoms with Gasteiger partial charge in [-0.1, -0.05) is 13.3 Å². The van der Waals surface area contributed by atoms with Gasteiger partial charge in [0.1, 0.15) is 0 Å². The molecule has 1 aliphatic rings. The van der Waals surface area contributed by atoms with Crippen LogP contribution in [0.3, 0.4) is 0 Å². The summed E-state index contributed by atoms with van der Waals surface area (Å²) < 4.78 is 37.4. The van der Waals surface area contributed by atoms with Gasteiger partial charge in [-0.3, -0.25) is 4.21 Å². The van der Waals surface area contributed by atoms with Gasteiger partial charge >= 0.3 is 0 Å². The molecule has 0 bridgehead atoms. The molecule has 0 radical (unpaired) electrons. The first-order chi connectivity index (χ1) is 8.91. The third kappa shape index (κ3) is 7.39. The van der Waals surface area contributed by atoms with Crippen molar-refractivity contribution >= 4 is 20.8 Å². The van der Waals surface area contributed by atoms with Gasteiger partial charge < -0.3 is 5.32 Å². The van der Waals surface area contributed by atoms with Crippen molar-refractivity contribution in [2.24, 2.45) is 0 Å². The van der Waals surface area contributed by atoms with Gasteiger partial charge in [-0.15, -0.1) is 0 Å². The topological polar surface area (TPSA) is 75.3 Å². The van der Waals surface area contributed by atoms with Crippen molar-refractivity contribution < 1.29 is 12.6 Å². The minimum Gasteiger partial charge on any atom is -0.314 e. The van der Waals surface area contributed by atoms with E-state index in [9.17, 15) is 12.6 Å². The van der Waals surface area contributed by atoms with E-state index in [-0.39, 0.29) is 11.0 Å². The van der Waals surface area contributed by atoms with Gasteiger partial charge in [0, 0.05) is 34.9 Å². The maximum absolute atomic E-state index is 11.8. The Morgan fingerprint density at radius 3 is 2.74 bits per heavy atom. The van der Waals surface area contributed by atoms with E-state index < -0.39 is 20.8 Å². The van der Waals surface area contributed by atoms with E-state index in [4.69, 9.17) is 0 Å². The van der Waals surface area contributed by atoms with Gasteiger partial charge in [0.05, 0.1) is 5.75 Å². The maximum Gasteiger partial charge on any atom is 0.211 e. The molecule has 2 N–H and O–H groups in total. The van der Waals surface area contributed by atoms with E-state index in [2.05, 4.69) is 10.0 Å². The number of sulfonamides is 1. The second kappa shape index (κ2) is 8.34. The Bertz CT molecular complexity index is 378. The standard InChI is InChI=1S/C12H26N2O3S2/c1-11(18(2)15)6-9-14-19(16,17)10-7-12-5-3-4-8-13-12/h11-14H,3-10H2,1-2H3. The molecule has 1 fully saturated rings. The molecule has 0 aromatic heterocycles. The van der Waals surface area contributed by atoms with Crippen LogP contribution in [0.25, 0.3) is 0 Å². The summed E-state index contributed by atoms with van der Waals surface area (Å²) in [5, 5.41) is 3.38. The summed E-state index contributed by atoms with van der Waals surface area (Å²) in [5.41, 5.74) is 0. The van der Waals surface area contributed by atoms with Gasteiger partial charge in [0.25, 0.3) is 0 Å². The smallest absolute Gasteiger partial charge is 0.211 e. The molecule has 1 aliphatic heterocycles. The molecule has 19 heavy (non-hydrogen) atoms. The molecule has 7 heteroatoms. The summed E-state index contributed by atoms with van der Waals surface area (Å²) in [4.78, 5) is 0. The van der Waals surface area contributed by atoms with Crippen LogP contribution in [0, 0.1) is 0 Å². The first-order valence-electron chi connectivity index (χ1n) is 6.93. The molecule has 1 saturated heterocycles. The highest BCUT2D eigenvalue weighted by atomic mass is 32.2. The predicted octanol–water partition coefficient (Wildman–Crippen LogP) is 0.595. The zero-order valence-electron chi connectivity index (χ0n) is 11.9. The summed E-state index contributed by atoms with van der Waals surface area (Å²) in [6, 6.07) is 0.340. The van der Waals surface area contributed by atoms with Gasteiger partial charge in [-0.2, -0.15) is 0 Å². The van der Waals surface area contributed by atoms with Crippen LogP contribution in [0.1, 0.15) is 39.0 Å². The molecule has 0 amide bonds. The molecule has 1 heterocycles. The fraction of sp³-hybridized carbons (Fsp3) is 1.00. The van der Waals surface area contributed by atoms with Gasteiger partial charge in [0.15, 0.2) is 0 Å². The van der Waals surface area contributed by atoms with Gasteiger partial charge in [0.2, 0.25) is 10.0 Å². The van der Waals surface area contributed by atoms with Crippen LogP contribution < -0.4 is 10.0 Å². The van der Waals surface area contributed by atoms with Gasteiger partial charge in [-0.25, -0.2) is 13.1 Å². The number of piperidine rings is 1. The van der Waals surface area contributed by atoms with Crippen LogP contribution in [0.4, 0.5) is 0 Å². The maximum atomic E-state index is 11.8.